The number of piperidine rings is 1. The molecule has 3 aliphatic rings. The topological polar surface area (TPSA) is 95.5 Å². The molecule has 1 unspecified atom stereocenters. The highest BCUT2D eigenvalue weighted by molar-refractivity contribution is 7.89. The summed E-state index contributed by atoms with van der Waals surface area (Å²) in [7, 11) is -3.15. The average Bonchev–Trinajstić information content (AvgIpc) is 3.47. The van der Waals surface area contributed by atoms with E-state index in [1.165, 1.54) is 17.1 Å². The Morgan fingerprint density at radius 3 is 2.61 bits per heavy atom. The molecule has 1 N–H and O–H groups in total. The van der Waals surface area contributed by atoms with E-state index in [0.717, 1.165) is 31.2 Å². The lowest BCUT2D eigenvalue weighted by molar-refractivity contribution is -0.126. The first kappa shape index (κ1) is 19.6. The third kappa shape index (κ3) is 4.30. The lowest BCUT2D eigenvalue weighted by Crippen LogP contribution is -2.46. The highest BCUT2D eigenvalue weighted by atomic mass is 32.2. The Morgan fingerprint density at radius 1 is 1.18 bits per heavy atom. The van der Waals surface area contributed by atoms with Gasteiger partial charge >= 0.3 is 0 Å². The van der Waals surface area contributed by atoms with Crippen LogP contribution in [0.1, 0.15) is 50.6 Å². The van der Waals surface area contributed by atoms with E-state index in [1.807, 2.05) is 12.3 Å². The number of carbonyl (C=O) groups is 1. The van der Waals surface area contributed by atoms with Gasteiger partial charge in [-0.25, -0.2) is 22.7 Å². The first-order valence-electron chi connectivity index (χ1n) is 10.3. The molecular weight excluding hydrogens is 378 g/mol. The number of nitrogens with one attached hydrogen (secondary N) is 1. The molecule has 0 spiro atoms. The van der Waals surface area contributed by atoms with Crippen LogP contribution in [-0.4, -0.2) is 66.6 Å². The minimum atomic E-state index is -3.15. The Morgan fingerprint density at radius 2 is 1.93 bits per heavy atom. The van der Waals surface area contributed by atoms with Gasteiger partial charge in [0, 0.05) is 55.9 Å². The van der Waals surface area contributed by atoms with Crippen LogP contribution in [0.15, 0.2) is 12.3 Å². The highest BCUT2D eigenvalue weighted by Gasteiger charge is 2.33. The van der Waals surface area contributed by atoms with Crippen LogP contribution in [0.2, 0.25) is 0 Å². The Hall–Kier alpha value is -1.74. The number of sulfonamides is 1. The van der Waals surface area contributed by atoms with Crippen LogP contribution in [0.25, 0.3) is 0 Å². The fourth-order valence-corrected chi connectivity index (χ4v) is 5.21. The second-order valence-electron chi connectivity index (χ2n) is 8.07. The van der Waals surface area contributed by atoms with Crippen molar-refractivity contribution in [2.45, 2.75) is 51.0 Å². The van der Waals surface area contributed by atoms with Crippen molar-refractivity contribution in [3.05, 3.63) is 18.0 Å². The van der Waals surface area contributed by atoms with Crippen LogP contribution in [0.3, 0.4) is 0 Å². The smallest absolute Gasteiger partial charge is 0.225 e. The van der Waals surface area contributed by atoms with Crippen molar-refractivity contribution < 1.29 is 13.2 Å². The van der Waals surface area contributed by atoms with Crippen molar-refractivity contribution in [3.63, 3.8) is 0 Å². The van der Waals surface area contributed by atoms with E-state index in [4.69, 9.17) is 4.98 Å². The van der Waals surface area contributed by atoms with Gasteiger partial charge in [0.1, 0.15) is 0 Å². The fourth-order valence-electron chi connectivity index (χ4n) is 4.08. The van der Waals surface area contributed by atoms with Gasteiger partial charge in [0.2, 0.25) is 21.9 Å². The molecule has 4 rings (SSSR count). The van der Waals surface area contributed by atoms with Gasteiger partial charge in [-0.05, 0) is 45.1 Å². The van der Waals surface area contributed by atoms with Gasteiger partial charge in [-0.3, -0.25) is 4.79 Å². The Bertz CT molecular complexity index is 819. The van der Waals surface area contributed by atoms with Crippen LogP contribution in [0.5, 0.6) is 0 Å². The van der Waals surface area contributed by atoms with Gasteiger partial charge < -0.3 is 10.2 Å². The average molecular weight is 408 g/mol. The summed E-state index contributed by atoms with van der Waals surface area (Å²) >= 11 is 0. The molecule has 3 heterocycles. The second-order valence-corrected chi connectivity index (χ2v) is 10.3. The molecule has 1 amide bonds. The largest absolute Gasteiger partial charge is 0.351 e. The van der Waals surface area contributed by atoms with E-state index < -0.39 is 10.0 Å². The van der Waals surface area contributed by atoms with Gasteiger partial charge in [-0.15, -0.1) is 0 Å². The molecule has 1 aliphatic carbocycles. The monoisotopic (exact) mass is 407 g/mol. The molecule has 1 saturated carbocycles. The molecule has 1 aromatic heterocycles. The van der Waals surface area contributed by atoms with E-state index in [9.17, 15) is 13.2 Å². The second kappa shape index (κ2) is 7.94. The Kier molecular flexibility index (Phi) is 5.55. The molecular formula is C19H29N5O3S. The van der Waals surface area contributed by atoms with E-state index in [2.05, 4.69) is 15.2 Å². The molecule has 2 aliphatic heterocycles. The number of nitrogens with zero attached hydrogens (tertiary/aromatic N) is 4. The van der Waals surface area contributed by atoms with Crippen LogP contribution >= 0.6 is 0 Å². The zero-order chi connectivity index (χ0) is 19.7. The fraction of sp³-hybridized carbons (Fsp3) is 0.737. The summed E-state index contributed by atoms with van der Waals surface area (Å²) in [5.74, 6) is 1.42. The normalized spacial score (nSPS) is 24.5. The van der Waals surface area contributed by atoms with Gasteiger partial charge in [0.25, 0.3) is 0 Å². The third-order valence-corrected chi connectivity index (χ3v) is 7.94. The molecule has 9 heteroatoms. The van der Waals surface area contributed by atoms with Gasteiger partial charge in [-0.2, -0.15) is 0 Å². The van der Waals surface area contributed by atoms with Crippen LogP contribution in [0, 0.1) is 5.92 Å². The lowest BCUT2D eigenvalue weighted by atomic mass is 9.97. The minimum absolute atomic E-state index is 0.0491. The van der Waals surface area contributed by atoms with E-state index >= 15 is 0 Å². The molecule has 1 aromatic rings. The summed E-state index contributed by atoms with van der Waals surface area (Å²) < 4.78 is 25.4. The molecule has 0 radical (unpaired) electrons. The molecule has 2 saturated heterocycles. The summed E-state index contributed by atoms with van der Waals surface area (Å²) in [6.07, 6.45) is 6.33. The summed E-state index contributed by atoms with van der Waals surface area (Å²) in [5, 5.41) is 3.16. The molecule has 1 atom stereocenters. The molecule has 0 bridgehead atoms. The first-order chi connectivity index (χ1) is 13.5. The number of hydrogen-bond acceptors (Lipinski definition) is 6. The van der Waals surface area contributed by atoms with E-state index in [0.29, 0.717) is 31.8 Å². The zero-order valence-electron chi connectivity index (χ0n) is 16.4. The summed E-state index contributed by atoms with van der Waals surface area (Å²) in [6, 6.07) is 2.10. The maximum atomic E-state index is 12.6. The first-order valence-corrected chi connectivity index (χ1v) is 11.9. The Balaban J connectivity index is 1.27. The molecule has 28 heavy (non-hydrogen) atoms. The van der Waals surface area contributed by atoms with Crippen molar-refractivity contribution in [1.82, 2.24) is 19.6 Å². The van der Waals surface area contributed by atoms with Gasteiger partial charge in [0.15, 0.2) is 0 Å². The zero-order valence-corrected chi connectivity index (χ0v) is 17.2. The number of rotatable bonds is 6. The van der Waals surface area contributed by atoms with E-state index in [1.54, 1.807) is 6.92 Å². The summed E-state index contributed by atoms with van der Waals surface area (Å²) in [4.78, 5) is 23.9. The quantitative estimate of drug-likeness (QED) is 0.759. The standard InChI is InChI=1S/C19H29N5O3S/c1-2-28(26,27)24-11-6-15(7-12-24)18(25)21-16-8-10-23(13-16)19-20-9-5-17(22-19)14-3-4-14/h5,9,14-16H,2-4,6-8,10-13H2,1H3,(H,21,25). The third-order valence-electron chi connectivity index (χ3n) is 6.06. The van der Waals surface area contributed by atoms with Crippen molar-refractivity contribution >= 4 is 21.9 Å². The van der Waals surface area contributed by atoms with Crippen molar-refractivity contribution in [2.75, 3.05) is 36.8 Å². The number of carbonyl (C=O) groups excluding carboxylic acids is 1. The van der Waals surface area contributed by atoms with Gasteiger partial charge in [-0.1, -0.05) is 0 Å². The lowest BCUT2D eigenvalue weighted by Gasteiger charge is -2.30. The van der Waals surface area contributed by atoms with Crippen LogP contribution < -0.4 is 10.2 Å². The predicted octanol–water partition coefficient (Wildman–Crippen LogP) is 1.11. The number of amides is 1. The van der Waals surface area contributed by atoms with Crippen LogP contribution in [-0.2, 0) is 14.8 Å². The van der Waals surface area contributed by atoms with Gasteiger partial charge in [0.05, 0.1) is 5.75 Å². The van der Waals surface area contributed by atoms with Crippen LogP contribution in [0.4, 0.5) is 5.95 Å². The highest BCUT2D eigenvalue weighted by Crippen LogP contribution is 2.39. The predicted molar refractivity (Wildman–Crippen MR) is 107 cm³/mol. The maximum absolute atomic E-state index is 12.6. The minimum Gasteiger partial charge on any atom is -0.351 e. The van der Waals surface area contributed by atoms with Crippen molar-refractivity contribution in [3.8, 4) is 0 Å². The molecule has 3 fully saturated rings. The molecule has 8 nitrogen and oxygen atoms in total. The number of hydrogen-bond donors (Lipinski definition) is 1. The van der Waals surface area contributed by atoms with Crippen molar-refractivity contribution in [2.24, 2.45) is 5.92 Å². The Labute approximate surface area is 166 Å². The van der Waals surface area contributed by atoms with E-state index in [-0.39, 0.29) is 23.6 Å². The summed E-state index contributed by atoms with van der Waals surface area (Å²) in [6.45, 7) is 4.10. The van der Waals surface area contributed by atoms with Crippen molar-refractivity contribution in [1.29, 1.82) is 0 Å². The summed E-state index contributed by atoms with van der Waals surface area (Å²) in [5.41, 5.74) is 1.13. The number of anilines is 1. The number of aromatic nitrogens is 2. The SMILES string of the molecule is CCS(=O)(=O)N1CCC(C(=O)NC2CCN(c3nccc(C4CC4)n3)C2)CC1. The molecule has 154 valence electrons. The maximum Gasteiger partial charge on any atom is 0.225 e. The molecule has 0 aromatic carbocycles.